The first-order valence-electron chi connectivity index (χ1n) is 8.29. The van der Waals surface area contributed by atoms with Crippen LogP contribution in [0.4, 0.5) is 0 Å². The number of amides is 1. The van der Waals surface area contributed by atoms with E-state index in [-0.39, 0.29) is 5.91 Å². The van der Waals surface area contributed by atoms with Gasteiger partial charge >= 0.3 is 0 Å². The Morgan fingerprint density at radius 1 is 1.17 bits per heavy atom. The average Bonchev–Trinajstić information content (AvgIpc) is 2.59. The van der Waals surface area contributed by atoms with Gasteiger partial charge in [0.05, 0.1) is 0 Å². The zero-order valence-corrected chi connectivity index (χ0v) is 15.4. The zero-order chi connectivity index (χ0) is 17.4. The molecule has 0 spiro atoms. The van der Waals surface area contributed by atoms with Crippen molar-refractivity contribution in [3.8, 4) is 5.75 Å². The molecule has 4 heteroatoms. The van der Waals surface area contributed by atoms with Crippen molar-refractivity contribution in [1.29, 1.82) is 0 Å². The fourth-order valence-corrected chi connectivity index (χ4v) is 3.17. The van der Waals surface area contributed by atoms with Crippen LogP contribution in [0.15, 0.2) is 53.4 Å². The van der Waals surface area contributed by atoms with Gasteiger partial charge in [0, 0.05) is 17.2 Å². The monoisotopic (exact) mass is 343 g/mol. The Labute approximate surface area is 148 Å². The van der Waals surface area contributed by atoms with Crippen LogP contribution in [0.1, 0.15) is 24.5 Å². The molecule has 0 saturated heterocycles. The summed E-state index contributed by atoms with van der Waals surface area (Å²) < 4.78 is 5.91. The van der Waals surface area contributed by atoms with Crippen molar-refractivity contribution < 1.29 is 9.53 Å². The largest absolute Gasteiger partial charge is 0.480 e. The van der Waals surface area contributed by atoms with E-state index in [4.69, 9.17) is 4.74 Å². The molecule has 2 aromatic rings. The van der Waals surface area contributed by atoms with Crippen LogP contribution in [-0.4, -0.2) is 24.3 Å². The molecule has 0 heterocycles. The first-order valence-corrected chi connectivity index (χ1v) is 9.28. The number of nitrogens with one attached hydrogen (secondary N) is 1. The van der Waals surface area contributed by atoms with Gasteiger partial charge in [0.15, 0.2) is 6.10 Å². The van der Waals surface area contributed by atoms with Crippen molar-refractivity contribution in [1.82, 2.24) is 5.32 Å². The summed E-state index contributed by atoms with van der Waals surface area (Å²) in [5.41, 5.74) is 2.25. The zero-order valence-electron chi connectivity index (χ0n) is 14.5. The highest BCUT2D eigenvalue weighted by atomic mass is 32.2. The molecule has 0 radical (unpaired) electrons. The molecule has 0 unspecified atom stereocenters. The molecular formula is C20H25NO2S. The van der Waals surface area contributed by atoms with Crippen molar-refractivity contribution in [2.24, 2.45) is 0 Å². The first kappa shape index (κ1) is 18.4. The standard InChI is InChI=1S/C20H25NO2S/c1-4-18(23-19-11-10-15(2)14-16(19)3)20(22)21-12-13-24-17-8-6-5-7-9-17/h5-11,14,18H,4,12-13H2,1-3H3,(H,21,22)/t18-/m1/s1. The molecule has 0 saturated carbocycles. The maximum absolute atomic E-state index is 12.3. The summed E-state index contributed by atoms with van der Waals surface area (Å²) in [5, 5.41) is 2.97. The predicted molar refractivity (Wildman–Crippen MR) is 101 cm³/mol. The van der Waals surface area contributed by atoms with Gasteiger partial charge in [-0.2, -0.15) is 0 Å². The molecule has 128 valence electrons. The molecule has 1 atom stereocenters. The Balaban J connectivity index is 1.80. The minimum Gasteiger partial charge on any atom is -0.480 e. The van der Waals surface area contributed by atoms with Crippen LogP contribution in [0, 0.1) is 13.8 Å². The van der Waals surface area contributed by atoms with Crippen LogP contribution in [0.2, 0.25) is 0 Å². The summed E-state index contributed by atoms with van der Waals surface area (Å²) in [4.78, 5) is 13.5. The fourth-order valence-electron chi connectivity index (χ4n) is 2.38. The van der Waals surface area contributed by atoms with Gasteiger partial charge in [-0.25, -0.2) is 0 Å². The topological polar surface area (TPSA) is 38.3 Å². The molecule has 2 aromatic carbocycles. The highest BCUT2D eigenvalue weighted by molar-refractivity contribution is 7.99. The summed E-state index contributed by atoms with van der Waals surface area (Å²) in [6.07, 6.45) is 0.193. The molecule has 0 aliphatic carbocycles. The average molecular weight is 343 g/mol. The summed E-state index contributed by atoms with van der Waals surface area (Å²) in [7, 11) is 0. The van der Waals surface area contributed by atoms with Gasteiger partial charge in [-0.05, 0) is 44.0 Å². The number of benzene rings is 2. The molecule has 3 nitrogen and oxygen atoms in total. The lowest BCUT2D eigenvalue weighted by atomic mass is 10.1. The van der Waals surface area contributed by atoms with Gasteiger partial charge in [-0.1, -0.05) is 42.8 Å². The van der Waals surface area contributed by atoms with Crippen LogP contribution in [0.3, 0.4) is 0 Å². The Kier molecular flexibility index (Phi) is 7.19. The number of ether oxygens (including phenoxy) is 1. The second-order valence-corrected chi connectivity index (χ2v) is 6.90. The molecule has 1 amide bonds. The van der Waals surface area contributed by atoms with E-state index in [1.54, 1.807) is 11.8 Å². The molecule has 0 aliphatic heterocycles. The number of hydrogen-bond acceptors (Lipinski definition) is 3. The summed E-state index contributed by atoms with van der Waals surface area (Å²) >= 11 is 1.73. The van der Waals surface area contributed by atoms with Gasteiger partial charge in [-0.15, -0.1) is 11.8 Å². The third kappa shape index (κ3) is 5.60. The Morgan fingerprint density at radius 3 is 2.58 bits per heavy atom. The molecule has 24 heavy (non-hydrogen) atoms. The fraction of sp³-hybridized carbons (Fsp3) is 0.350. The predicted octanol–water partition coefficient (Wildman–Crippen LogP) is 4.37. The molecular weight excluding hydrogens is 318 g/mol. The number of aryl methyl sites for hydroxylation is 2. The number of carbonyl (C=O) groups is 1. The smallest absolute Gasteiger partial charge is 0.261 e. The maximum Gasteiger partial charge on any atom is 0.261 e. The van der Waals surface area contributed by atoms with E-state index in [2.05, 4.69) is 23.5 Å². The summed E-state index contributed by atoms with van der Waals surface area (Å²) in [6, 6.07) is 16.2. The van der Waals surface area contributed by atoms with Crippen molar-refractivity contribution in [3.63, 3.8) is 0 Å². The van der Waals surface area contributed by atoms with E-state index in [0.29, 0.717) is 13.0 Å². The van der Waals surface area contributed by atoms with Crippen molar-refractivity contribution in [3.05, 3.63) is 59.7 Å². The third-order valence-electron chi connectivity index (χ3n) is 3.68. The van der Waals surface area contributed by atoms with Gasteiger partial charge in [0.2, 0.25) is 0 Å². The number of rotatable bonds is 8. The lowest BCUT2D eigenvalue weighted by Gasteiger charge is -2.18. The first-order chi connectivity index (χ1) is 11.6. The molecule has 0 aliphatic rings. The van der Waals surface area contributed by atoms with E-state index in [9.17, 15) is 4.79 Å². The second-order valence-electron chi connectivity index (χ2n) is 5.74. The summed E-state index contributed by atoms with van der Waals surface area (Å²) in [6.45, 7) is 6.65. The SMILES string of the molecule is CC[C@@H](Oc1ccc(C)cc1C)C(=O)NCCSc1ccccc1. The van der Waals surface area contributed by atoms with E-state index < -0.39 is 6.10 Å². The third-order valence-corrected chi connectivity index (χ3v) is 4.69. The Hall–Kier alpha value is -1.94. The minimum absolute atomic E-state index is 0.0499. The van der Waals surface area contributed by atoms with Crippen LogP contribution < -0.4 is 10.1 Å². The number of thioether (sulfide) groups is 1. The van der Waals surface area contributed by atoms with E-state index >= 15 is 0 Å². The lowest BCUT2D eigenvalue weighted by Crippen LogP contribution is -2.39. The van der Waals surface area contributed by atoms with Gasteiger partial charge < -0.3 is 10.1 Å². The van der Waals surface area contributed by atoms with Crippen LogP contribution in [-0.2, 0) is 4.79 Å². The van der Waals surface area contributed by atoms with Gasteiger partial charge in [0.1, 0.15) is 5.75 Å². The highest BCUT2D eigenvalue weighted by Crippen LogP contribution is 2.21. The van der Waals surface area contributed by atoms with Crippen LogP contribution >= 0.6 is 11.8 Å². The van der Waals surface area contributed by atoms with Crippen LogP contribution in [0.5, 0.6) is 5.75 Å². The molecule has 0 fully saturated rings. The van der Waals surface area contributed by atoms with Crippen molar-refractivity contribution >= 4 is 17.7 Å². The lowest BCUT2D eigenvalue weighted by molar-refractivity contribution is -0.128. The quantitative estimate of drug-likeness (QED) is 0.571. The molecule has 2 rings (SSSR count). The minimum atomic E-state index is -0.451. The maximum atomic E-state index is 12.3. The molecule has 1 N–H and O–H groups in total. The van der Waals surface area contributed by atoms with E-state index in [1.807, 2.05) is 51.1 Å². The molecule has 0 bridgehead atoms. The van der Waals surface area contributed by atoms with Crippen LogP contribution in [0.25, 0.3) is 0 Å². The van der Waals surface area contributed by atoms with Gasteiger partial charge in [-0.3, -0.25) is 4.79 Å². The van der Waals surface area contributed by atoms with E-state index in [1.165, 1.54) is 10.5 Å². The van der Waals surface area contributed by atoms with E-state index in [0.717, 1.165) is 17.1 Å². The highest BCUT2D eigenvalue weighted by Gasteiger charge is 2.18. The normalized spacial score (nSPS) is 11.8. The Bertz CT molecular complexity index is 658. The second kappa shape index (κ2) is 9.38. The number of hydrogen-bond donors (Lipinski definition) is 1. The number of carbonyl (C=O) groups excluding carboxylic acids is 1. The van der Waals surface area contributed by atoms with Crippen molar-refractivity contribution in [2.75, 3.05) is 12.3 Å². The molecule has 0 aromatic heterocycles. The Morgan fingerprint density at radius 2 is 1.92 bits per heavy atom. The summed E-state index contributed by atoms with van der Waals surface area (Å²) in [5.74, 6) is 1.57. The van der Waals surface area contributed by atoms with Gasteiger partial charge in [0.25, 0.3) is 5.91 Å². The van der Waals surface area contributed by atoms with Crippen molar-refractivity contribution in [2.45, 2.75) is 38.2 Å².